The second-order valence-electron chi connectivity index (χ2n) is 5.40. The molecule has 0 aromatic carbocycles. The van der Waals surface area contributed by atoms with E-state index in [-0.39, 0.29) is 30.9 Å². The van der Waals surface area contributed by atoms with E-state index in [1.807, 2.05) is 4.90 Å². The van der Waals surface area contributed by atoms with Gasteiger partial charge in [-0.2, -0.15) is 0 Å². The van der Waals surface area contributed by atoms with Crippen LogP contribution in [0.3, 0.4) is 0 Å². The van der Waals surface area contributed by atoms with Gasteiger partial charge in [-0.1, -0.05) is 19.8 Å². The van der Waals surface area contributed by atoms with Crippen molar-refractivity contribution in [2.24, 2.45) is 5.92 Å². The van der Waals surface area contributed by atoms with Crippen molar-refractivity contribution in [2.75, 3.05) is 26.9 Å². The van der Waals surface area contributed by atoms with Gasteiger partial charge >= 0.3 is 5.97 Å². The summed E-state index contributed by atoms with van der Waals surface area (Å²) in [6, 6.07) is 0.223. The first-order chi connectivity index (χ1) is 9.60. The Balaban J connectivity index is 2.63. The Labute approximate surface area is 121 Å². The molecule has 2 unspecified atom stereocenters. The second kappa shape index (κ2) is 8.95. The SMILES string of the molecule is CCOC(=O)CCN(C(=O)COC)C1CCCCC1C. The fraction of sp³-hybridized carbons (Fsp3) is 0.867. The molecule has 2 atom stereocenters. The summed E-state index contributed by atoms with van der Waals surface area (Å²) in [6.07, 6.45) is 4.78. The zero-order valence-corrected chi connectivity index (χ0v) is 12.9. The quantitative estimate of drug-likeness (QED) is 0.671. The molecule has 1 amide bonds. The van der Waals surface area contributed by atoms with Gasteiger partial charge in [0.25, 0.3) is 0 Å². The largest absolute Gasteiger partial charge is 0.466 e. The molecule has 5 heteroatoms. The van der Waals surface area contributed by atoms with E-state index in [4.69, 9.17) is 9.47 Å². The minimum absolute atomic E-state index is 0.0319. The lowest BCUT2D eigenvalue weighted by Gasteiger charge is -2.38. The highest BCUT2D eigenvalue weighted by Crippen LogP contribution is 2.28. The number of hydrogen-bond acceptors (Lipinski definition) is 4. The van der Waals surface area contributed by atoms with E-state index < -0.39 is 0 Å². The third-order valence-corrected chi connectivity index (χ3v) is 3.92. The molecule has 1 aliphatic rings. The number of amides is 1. The average molecular weight is 285 g/mol. The average Bonchev–Trinajstić information content (AvgIpc) is 2.41. The lowest BCUT2D eigenvalue weighted by Crippen LogP contribution is -2.47. The Hall–Kier alpha value is -1.10. The van der Waals surface area contributed by atoms with Crippen molar-refractivity contribution in [3.8, 4) is 0 Å². The summed E-state index contributed by atoms with van der Waals surface area (Å²) in [5.74, 6) is 0.202. The third-order valence-electron chi connectivity index (χ3n) is 3.92. The number of hydrogen-bond donors (Lipinski definition) is 0. The van der Waals surface area contributed by atoms with E-state index in [9.17, 15) is 9.59 Å². The van der Waals surface area contributed by atoms with Gasteiger partial charge < -0.3 is 14.4 Å². The topological polar surface area (TPSA) is 55.8 Å². The van der Waals surface area contributed by atoms with E-state index in [0.717, 1.165) is 19.3 Å². The van der Waals surface area contributed by atoms with Gasteiger partial charge in [0.15, 0.2) is 0 Å². The first-order valence-electron chi connectivity index (χ1n) is 7.54. The number of nitrogens with zero attached hydrogens (tertiary/aromatic N) is 1. The van der Waals surface area contributed by atoms with Crippen LogP contribution in [0.25, 0.3) is 0 Å². The van der Waals surface area contributed by atoms with Crippen molar-refractivity contribution in [2.45, 2.75) is 52.0 Å². The summed E-state index contributed by atoms with van der Waals surface area (Å²) >= 11 is 0. The molecule has 0 aromatic rings. The smallest absolute Gasteiger partial charge is 0.307 e. The molecule has 0 N–H and O–H groups in total. The Kier molecular flexibility index (Phi) is 7.59. The molecular weight excluding hydrogens is 258 g/mol. The van der Waals surface area contributed by atoms with Gasteiger partial charge in [0.2, 0.25) is 5.91 Å². The minimum atomic E-state index is -0.244. The summed E-state index contributed by atoms with van der Waals surface area (Å²) < 4.78 is 9.90. The van der Waals surface area contributed by atoms with E-state index >= 15 is 0 Å². The molecule has 1 rings (SSSR count). The zero-order valence-electron chi connectivity index (χ0n) is 12.9. The highest BCUT2D eigenvalue weighted by Gasteiger charge is 2.30. The van der Waals surface area contributed by atoms with Gasteiger partial charge in [-0.15, -0.1) is 0 Å². The van der Waals surface area contributed by atoms with E-state index in [1.54, 1.807) is 6.92 Å². The Morgan fingerprint density at radius 2 is 1.95 bits per heavy atom. The molecular formula is C15H27NO4. The Bertz CT molecular complexity index is 319. The van der Waals surface area contributed by atoms with Crippen LogP contribution in [0, 0.1) is 5.92 Å². The lowest BCUT2D eigenvalue weighted by atomic mass is 9.84. The molecule has 0 radical (unpaired) electrons. The van der Waals surface area contributed by atoms with Crippen molar-refractivity contribution in [3.05, 3.63) is 0 Å². The monoisotopic (exact) mass is 285 g/mol. The van der Waals surface area contributed by atoms with Crippen LogP contribution in [-0.2, 0) is 19.1 Å². The summed E-state index contributed by atoms with van der Waals surface area (Å²) in [4.78, 5) is 25.5. The van der Waals surface area contributed by atoms with Crippen molar-refractivity contribution in [1.29, 1.82) is 0 Å². The molecule has 1 saturated carbocycles. The minimum Gasteiger partial charge on any atom is -0.466 e. The fourth-order valence-electron chi connectivity index (χ4n) is 2.89. The van der Waals surface area contributed by atoms with E-state index in [2.05, 4.69) is 6.92 Å². The van der Waals surface area contributed by atoms with Gasteiger partial charge in [-0.25, -0.2) is 0 Å². The number of ether oxygens (including phenoxy) is 2. The summed E-state index contributed by atoms with van der Waals surface area (Å²) in [7, 11) is 1.52. The maximum absolute atomic E-state index is 12.2. The summed E-state index contributed by atoms with van der Waals surface area (Å²) in [5.41, 5.74) is 0. The Morgan fingerprint density at radius 1 is 1.25 bits per heavy atom. The molecule has 0 aliphatic heterocycles. The molecule has 116 valence electrons. The summed E-state index contributed by atoms with van der Waals surface area (Å²) in [5, 5.41) is 0. The molecule has 1 aliphatic carbocycles. The highest BCUT2D eigenvalue weighted by molar-refractivity contribution is 5.78. The van der Waals surface area contributed by atoms with Crippen LogP contribution in [0.5, 0.6) is 0 Å². The molecule has 0 spiro atoms. The van der Waals surface area contributed by atoms with Gasteiger partial charge in [-0.05, 0) is 25.7 Å². The number of esters is 1. The predicted octanol–water partition coefficient (Wildman–Crippen LogP) is 1.99. The number of methoxy groups -OCH3 is 1. The van der Waals surface area contributed by atoms with Gasteiger partial charge in [0, 0.05) is 19.7 Å². The van der Waals surface area contributed by atoms with Gasteiger partial charge in [0.1, 0.15) is 6.61 Å². The predicted molar refractivity (Wildman–Crippen MR) is 76.3 cm³/mol. The lowest BCUT2D eigenvalue weighted by molar-refractivity contribution is -0.146. The number of carbonyl (C=O) groups is 2. The first kappa shape index (κ1) is 17.0. The van der Waals surface area contributed by atoms with E-state index in [1.165, 1.54) is 13.5 Å². The molecule has 1 fully saturated rings. The van der Waals surface area contributed by atoms with Crippen molar-refractivity contribution >= 4 is 11.9 Å². The van der Waals surface area contributed by atoms with Crippen LogP contribution in [0.1, 0.15) is 46.0 Å². The molecule has 0 heterocycles. The standard InChI is InChI=1S/C15H27NO4/c1-4-20-15(18)9-10-16(14(17)11-19-3)13-8-6-5-7-12(13)2/h12-13H,4-11H2,1-3H3. The normalized spacial score (nSPS) is 22.4. The Morgan fingerprint density at radius 3 is 2.55 bits per heavy atom. The van der Waals surface area contributed by atoms with Crippen LogP contribution in [0.4, 0.5) is 0 Å². The zero-order chi connectivity index (χ0) is 15.0. The van der Waals surface area contributed by atoms with Crippen LogP contribution in [-0.4, -0.2) is 49.7 Å². The maximum Gasteiger partial charge on any atom is 0.307 e. The summed E-state index contributed by atoms with van der Waals surface area (Å²) in [6.45, 7) is 4.85. The van der Waals surface area contributed by atoms with Crippen LogP contribution in [0.15, 0.2) is 0 Å². The van der Waals surface area contributed by atoms with Gasteiger partial charge in [-0.3, -0.25) is 9.59 Å². The third kappa shape index (κ3) is 5.12. The van der Waals surface area contributed by atoms with Crippen molar-refractivity contribution < 1.29 is 19.1 Å². The number of carbonyl (C=O) groups excluding carboxylic acids is 2. The fourth-order valence-corrected chi connectivity index (χ4v) is 2.89. The van der Waals surface area contributed by atoms with Crippen molar-refractivity contribution in [1.82, 2.24) is 4.90 Å². The molecule has 0 aromatic heterocycles. The molecule has 0 saturated heterocycles. The molecule has 0 bridgehead atoms. The van der Waals surface area contributed by atoms with Crippen LogP contribution in [0.2, 0.25) is 0 Å². The van der Waals surface area contributed by atoms with Crippen LogP contribution >= 0.6 is 0 Å². The highest BCUT2D eigenvalue weighted by atomic mass is 16.5. The van der Waals surface area contributed by atoms with Crippen molar-refractivity contribution in [3.63, 3.8) is 0 Å². The first-order valence-corrected chi connectivity index (χ1v) is 7.54. The maximum atomic E-state index is 12.2. The van der Waals surface area contributed by atoms with Crippen LogP contribution < -0.4 is 0 Å². The number of rotatable bonds is 7. The second-order valence-corrected chi connectivity index (χ2v) is 5.40. The molecule has 5 nitrogen and oxygen atoms in total. The van der Waals surface area contributed by atoms with Gasteiger partial charge in [0.05, 0.1) is 13.0 Å². The molecule has 20 heavy (non-hydrogen) atoms. The van der Waals surface area contributed by atoms with E-state index in [0.29, 0.717) is 19.1 Å².